The molecular weight excluding hydrogens is 246 g/mol. The third-order valence-electron chi connectivity index (χ3n) is 3.70. The Hall–Kier alpha value is -1.64. The Balaban J connectivity index is 2.18. The Morgan fingerprint density at radius 1 is 1.05 bits per heavy atom. The van der Waals surface area contributed by atoms with Crippen LogP contribution in [0, 0.1) is 0 Å². The molecule has 2 aromatic carbocycles. The molecule has 2 N–H and O–H groups in total. The highest BCUT2D eigenvalue weighted by Crippen LogP contribution is 2.23. The molecule has 0 aliphatic carbocycles. The van der Waals surface area contributed by atoms with Gasteiger partial charge in [0.1, 0.15) is 0 Å². The second-order valence-electron chi connectivity index (χ2n) is 5.01. The number of hydrogen-bond acceptors (Lipinski definition) is 2. The highest BCUT2D eigenvalue weighted by molar-refractivity contribution is 5.38. The van der Waals surface area contributed by atoms with Crippen molar-refractivity contribution in [2.45, 2.75) is 25.8 Å². The Labute approximate surface area is 121 Å². The van der Waals surface area contributed by atoms with Crippen LogP contribution in [-0.4, -0.2) is 13.7 Å². The van der Waals surface area contributed by atoms with Crippen molar-refractivity contribution in [2.75, 3.05) is 13.7 Å². The average molecular weight is 269 g/mol. The summed E-state index contributed by atoms with van der Waals surface area (Å²) in [5.41, 5.74) is 11.4. The molecule has 2 rings (SSSR count). The van der Waals surface area contributed by atoms with Crippen LogP contribution >= 0.6 is 0 Å². The fourth-order valence-electron chi connectivity index (χ4n) is 2.45. The zero-order valence-corrected chi connectivity index (χ0v) is 12.3. The zero-order chi connectivity index (χ0) is 14.4. The monoisotopic (exact) mass is 269 g/mol. The number of ether oxygens (including phenoxy) is 1. The quantitative estimate of drug-likeness (QED) is 0.871. The van der Waals surface area contributed by atoms with Crippen molar-refractivity contribution in [3.63, 3.8) is 0 Å². The summed E-state index contributed by atoms with van der Waals surface area (Å²) in [6.07, 6.45) is 1.95. The van der Waals surface area contributed by atoms with Crippen LogP contribution in [0.25, 0.3) is 0 Å². The van der Waals surface area contributed by atoms with E-state index in [9.17, 15) is 0 Å². The normalized spacial score (nSPS) is 12.3. The van der Waals surface area contributed by atoms with Gasteiger partial charge >= 0.3 is 0 Å². The summed E-state index contributed by atoms with van der Waals surface area (Å²) in [5.74, 6) is 0. The van der Waals surface area contributed by atoms with Crippen LogP contribution in [-0.2, 0) is 17.6 Å². The van der Waals surface area contributed by atoms with Crippen LogP contribution in [0.3, 0.4) is 0 Å². The smallest absolute Gasteiger partial charge is 0.0554 e. The molecule has 0 aliphatic rings. The molecule has 1 unspecified atom stereocenters. The molecule has 0 radical (unpaired) electrons. The maximum absolute atomic E-state index is 6.42. The molecule has 0 aliphatic heterocycles. The lowest BCUT2D eigenvalue weighted by Crippen LogP contribution is -2.14. The zero-order valence-electron chi connectivity index (χ0n) is 12.3. The molecule has 0 saturated carbocycles. The molecule has 1 atom stereocenters. The predicted octanol–water partition coefficient (Wildman–Crippen LogP) is 3.49. The standard InChI is InChI=1S/C18H23NO/c1-3-15-6-4-5-7-17(15)18(19)16-10-8-14(9-11-16)12-13-20-2/h4-11,18H,3,12-13,19H2,1-2H3. The van der Waals surface area contributed by atoms with Crippen molar-refractivity contribution in [3.8, 4) is 0 Å². The number of methoxy groups -OCH3 is 1. The van der Waals surface area contributed by atoms with Gasteiger partial charge in [0.15, 0.2) is 0 Å². The van der Waals surface area contributed by atoms with Crippen LogP contribution in [0.1, 0.15) is 35.2 Å². The summed E-state index contributed by atoms with van der Waals surface area (Å²) < 4.78 is 5.10. The lowest BCUT2D eigenvalue weighted by Gasteiger charge is -2.16. The van der Waals surface area contributed by atoms with Crippen molar-refractivity contribution in [1.29, 1.82) is 0 Å². The molecule has 0 aromatic heterocycles. The van der Waals surface area contributed by atoms with Crippen LogP contribution in [0.4, 0.5) is 0 Å². The van der Waals surface area contributed by atoms with E-state index < -0.39 is 0 Å². The molecule has 0 bridgehead atoms. The first kappa shape index (κ1) is 14.8. The molecule has 2 nitrogen and oxygen atoms in total. The molecule has 2 heteroatoms. The van der Waals surface area contributed by atoms with Gasteiger partial charge in [-0.1, -0.05) is 55.5 Å². The molecular formula is C18H23NO. The van der Waals surface area contributed by atoms with Crippen LogP contribution in [0.2, 0.25) is 0 Å². The highest BCUT2D eigenvalue weighted by Gasteiger charge is 2.11. The summed E-state index contributed by atoms with van der Waals surface area (Å²) in [5, 5.41) is 0. The number of rotatable bonds is 6. The Kier molecular flexibility index (Phi) is 5.33. The first-order valence-corrected chi connectivity index (χ1v) is 7.17. The van der Waals surface area contributed by atoms with Gasteiger partial charge in [-0.3, -0.25) is 0 Å². The average Bonchev–Trinajstić information content (AvgIpc) is 2.52. The van der Waals surface area contributed by atoms with Crippen LogP contribution in [0.15, 0.2) is 48.5 Å². The highest BCUT2D eigenvalue weighted by atomic mass is 16.5. The number of hydrogen-bond donors (Lipinski definition) is 1. The minimum atomic E-state index is -0.0531. The minimum absolute atomic E-state index is 0.0531. The largest absolute Gasteiger partial charge is 0.384 e. The third kappa shape index (κ3) is 3.47. The third-order valence-corrected chi connectivity index (χ3v) is 3.70. The molecule has 0 amide bonds. The van der Waals surface area contributed by atoms with Crippen LogP contribution < -0.4 is 5.73 Å². The molecule has 0 spiro atoms. The van der Waals surface area contributed by atoms with E-state index in [4.69, 9.17) is 10.5 Å². The number of nitrogens with two attached hydrogens (primary N) is 1. The molecule has 106 valence electrons. The number of aryl methyl sites for hydroxylation is 1. The first-order valence-electron chi connectivity index (χ1n) is 7.17. The van der Waals surface area contributed by atoms with E-state index in [1.165, 1.54) is 16.7 Å². The van der Waals surface area contributed by atoms with Gasteiger partial charge in [-0.2, -0.15) is 0 Å². The fraction of sp³-hybridized carbons (Fsp3) is 0.333. The predicted molar refractivity (Wildman–Crippen MR) is 83.9 cm³/mol. The van der Waals surface area contributed by atoms with Gasteiger partial charge in [0, 0.05) is 7.11 Å². The second kappa shape index (κ2) is 7.22. The van der Waals surface area contributed by atoms with E-state index in [-0.39, 0.29) is 6.04 Å². The molecule has 0 fully saturated rings. The number of benzene rings is 2. The van der Waals surface area contributed by atoms with Gasteiger partial charge in [-0.15, -0.1) is 0 Å². The maximum atomic E-state index is 6.42. The van der Waals surface area contributed by atoms with Crippen molar-refractivity contribution >= 4 is 0 Å². The fourth-order valence-corrected chi connectivity index (χ4v) is 2.45. The minimum Gasteiger partial charge on any atom is -0.384 e. The van der Waals surface area contributed by atoms with Gasteiger partial charge in [-0.05, 0) is 35.1 Å². The summed E-state index contributed by atoms with van der Waals surface area (Å²) in [6, 6.07) is 16.9. The lowest BCUT2D eigenvalue weighted by atomic mass is 9.93. The lowest BCUT2D eigenvalue weighted by molar-refractivity contribution is 0.202. The van der Waals surface area contributed by atoms with E-state index in [0.29, 0.717) is 0 Å². The van der Waals surface area contributed by atoms with E-state index in [1.807, 2.05) is 0 Å². The summed E-state index contributed by atoms with van der Waals surface area (Å²) in [6.45, 7) is 2.92. The second-order valence-corrected chi connectivity index (χ2v) is 5.01. The van der Waals surface area contributed by atoms with E-state index in [2.05, 4.69) is 55.5 Å². The topological polar surface area (TPSA) is 35.2 Å². The van der Waals surface area contributed by atoms with E-state index in [0.717, 1.165) is 25.0 Å². The Bertz CT molecular complexity index is 533. The van der Waals surface area contributed by atoms with Crippen LogP contribution in [0.5, 0.6) is 0 Å². The summed E-state index contributed by atoms with van der Waals surface area (Å²) in [7, 11) is 1.73. The van der Waals surface area contributed by atoms with E-state index in [1.54, 1.807) is 7.11 Å². The van der Waals surface area contributed by atoms with Gasteiger partial charge in [0.2, 0.25) is 0 Å². The van der Waals surface area contributed by atoms with Crippen molar-refractivity contribution in [3.05, 3.63) is 70.8 Å². The van der Waals surface area contributed by atoms with Gasteiger partial charge < -0.3 is 10.5 Å². The molecule has 0 saturated heterocycles. The Morgan fingerprint density at radius 2 is 1.75 bits per heavy atom. The summed E-state index contributed by atoms with van der Waals surface area (Å²) in [4.78, 5) is 0. The van der Waals surface area contributed by atoms with Crippen molar-refractivity contribution in [1.82, 2.24) is 0 Å². The van der Waals surface area contributed by atoms with E-state index >= 15 is 0 Å². The van der Waals surface area contributed by atoms with Gasteiger partial charge in [-0.25, -0.2) is 0 Å². The van der Waals surface area contributed by atoms with Crippen molar-refractivity contribution < 1.29 is 4.74 Å². The molecule has 20 heavy (non-hydrogen) atoms. The SMILES string of the molecule is CCc1ccccc1C(N)c1ccc(CCOC)cc1. The maximum Gasteiger partial charge on any atom is 0.0554 e. The van der Waals surface area contributed by atoms with Crippen molar-refractivity contribution in [2.24, 2.45) is 5.73 Å². The molecule has 2 aromatic rings. The summed E-state index contributed by atoms with van der Waals surface area (Å²) >= 11 is 0. The first-order chi connectivity index (χ1) is 9.76. The molecule has 0 heterocycles. The van der Waals surface area contributed by atoms with Gasteiger partial charge in [0.25, 0.3) is 0 Å². The van der Waals surface area contributed by atoms with Gasteiger partial charge in [0.05, 0.1) is 12.6 Å². The Morgan fingerprint density at radius 3 is 2.40 bits per heavy atom.